The minimum Gasteiger partial charge on any atom is -0.329 e. The minimum absolute atomic E-state index is 0.0864. The maximum Gasteiger partial charge on any atom is 0.231 e. The van der Waals surface area contributed by atoms with Gasteiger partial charge in [-0.05, 0) is 31.0 Å². The lowest BCUT2D eigenvalue weighted by Gasteiger charge is -2.34. The Kier molecular flexibility index (Phi) is 4.64. The van der Waals surface area contributed by atoms with E-state index in [1.54, 1.807) is 18.2 Å². The van der Waals surface area contributed by atoms with Crippen molar-refractivity contribution in [3.63, 3.8) is 0 Å². The molecule has 0 heterocycles. The molecule has 0 spiro atoms. The molecule has 1 aliphatic carbocycles. The van der Waals surface area contributed by atoms with Crippen LogP contribution in [0.25, 0.3) is 0 Å². The van der Waals surface area contributed by atoms with E-state index in [0.717, 1.165) is 32.1 Å². The van der Waals surface area contributed by atoms with Gasteiger partial charge in [0.2, 0.25) is 5.91 Å². The van der Waals surface area contributed by atoms with Crippen LogP contribution in [-0.4, -0.2) is 12.5 Å². The van der Waals surface area contributed by atoms with Crippen LogP contribution in [0.3, 0.4) is 0 Å². The Morgan fingerprint density at radius 1 is 1.40 bits per heavy atom. The molecule has 1 fully saturated rings. The summed E-state index contributed by atoms with van der Waals surface area (Å²) in [5.74, 6) is -0.0864. The van der Waals surface area contributed by atoms with Gasteiger partial charge >= 0.3 is 0 Å². The van der Waals surface area contributed by atoms with Crippen LogP contribution in [0.2, 0.25) is 5.02 Å². The summed E-state index contributed by atoms with van der Waals surface area (Å²) in [6, 6.07) is 6.87. The normalized spacial score (nSPS) is 17.2. The van der Waals surface area contributed by atoms with Crippen LogP contribution in [-0.2, 0) is 4.79 Å². The van der Waals surface area contributed by atoms with Crippen molar-refractivity contribution in [1.29, 1.82) is 5.26 Å². The Labute approximate surface area is 123 Å². The highest BCUT2D eigenvalue weighted by atomic mass is 35.5. The van der Waals surface area contributed by atoms with E-state index in [9.17, 15) is 4.79 Å². The lowest BCUT2D eigenvalue weighted by atomic mass is 9.73. The summed E-state index contributed by atoms with van der Waals surface area (Å²) in [6.45, 7) is 0.342. The molecule has 3 N–H and O–H groups in total. The molecule has 5 heteroatoms. The van der Waals surface area contributed by atoms with Crippen LogP contribution in [0.5, 0.6) is 0 Å². The van der Waals surface area contributed by atoms with Gasteiger partial charge in [-0.2, -0.15) is 5.26 Å². The molecule has 4 nitrogen and oxygen atoms in total. The zero-order chi connectivity index (χ0) is 14.6. The molecular formula is C15H18ClN3O. The number of nitrogens with zero attached hydrogens (tertiary/aromatic N) is 1. The first kappa shape index (κ1) is 14.8. The maximum atomic E-state index is 12.5. The van der Waals surface area contributed by atoms with Crippen molar-refractivity contribution in [1.82, 2.24) is 0 Å². The number of rotatable bonds is 3. The third kappa shape index (κ3) is 2.95. The van der Waals surface area contributed by atoms with E-state index >= 15 is 0 Å². The molecule has 2 rings (SSSR count). The molecule has 0 bridgehead atoms. The second-order valence-corrected chi connectivity index (χ2v) is 5.71. The summed E-state index contributed by atoms with van der Waals surface area (Å²) in [4.78, 5) is 12.5. The van der Waals surface area contributed by atoms with Gasteiger partial charge in [0.25, 0.3) is 0 Å². The van der Waals surface area contributed by atoms with Crippen molar-refractivity contribution in [2.24, 2.45) is 11.1 Å². The molecule has 0 aliphatic heterocycles. The fraction of sp³-hybridized carbons (Fsp3) is 0.467. The second kappa shape index (κ2) is 6.25. The number of nitrogens with two attached hydrogens (primary N) is 1. The van der Waals surface area contributed by atoms with Crippen molar-refractivity contribution in [3.05, 3.63) is 28.8 Å². The van der Waals surface area contributed by atoms with Gasteiger partial charge in [0.05, 0.1) is 27.8 Å². The molecule has 20 heavy (non-hydrogen) atoms. The molecule has 1 aromatic carbocycles. The number of carbonyl (C=O) groups is 1. The summed E-state index contributed by atoms with van der Waals surface area (Å²) in [7, 11) is 0. The average molecular weight is 292 g/mol. The number of amides is 1. The number of nitrogens with one attached hydrogen (secondary N) is 1. The smallest absolute Gasteiger partial charge is 0.231 e. The van der Waals surface area contributed by atoms with Crippen LogP contribution in [0.15, 0.2) is 18.2 Å². The van der Waals surface area contributed by atoms with E-state index in [4.69, 9.17) is 22.6 Å². The zero-order valence-corrected chi connectivity index (χ0v) is 12.0. The highest BCUT2D eigenvalue weighted by molar-refractivity contribution is 6.33. The highest BCUT2D eigenvalue weighted by Crippen LogP contribution is 2.37. The third-order valence-corrected chi connectivity index (χ3v) is 4.36. The number of anilines is 1. The maximum absolute atomic E-state index is 12.5. The van der Waals surface area contributed by atoms with E-state index < -0.39 is 5.41 Å². The Hall–Kier alpha value is -1.57. The highest BCUT2D eigenvalue weighted by Gasteiger charge is 2.38. The first-order chi connectivity index (χ1) is 9.61. The van der Waals surface area contributed by atoms with Gasteiger partial charge in [-0.3, -0.25) is 4.79 Å². The minimum atomic E-state index is -0.496. The molecule has 1 saturated carbocycles. The van der Waals surface area contributed by atoms with Crippen LogP contribution < -0.4 is 11.1 Å². The lowest BCUT2D eigenvalue weighted by molar-refractivity contribution is -0.126. The SMILES string of the molecule is N#Cc1ccc(Cl)c(NC(=O)C2(CN)CCCCC2)c1. The standard InChI is InChI=1S/C15H18ClN3O/c16-12-5-4-11(9-17)8-13(12)19-14(20)15(10-18)6-2-1-3-7-15/h4-5,8H,1-3,6-7,10,18H2,(H,19,20). The van der Waals surface area contributed by atoms with Gasteiger partial charge < -0.3 is 11.1 Å². The van der Waals surface area contributed by atoms with E-state index in [-0.39, 0.29) is 5.91 Å². The third-order valence-electron chi connectivity index (χ3n) is 4.03. The number of hydrogen-bond acceptors (Lipinski definition) is 3. The van der Waals surface area contributed by atoms with E-state index in [2.05, 4.69) is 5.32 Å². The lowest BCUT2D eigenvalue weighted by Crippen LogP contribution is -2.43. The van der Waals surface area contributed by atoms with Crippen LogP contribution in [0, 0.1) is 16.7 Å². The number of nitriles is 1. The summed E-state index contributed by atoms with van der Waals surface area (Å²) >= 11 is 6.07. The van der Waals surface area contributed by atoms with Crippen molar-refractivity contribution < 1.29 is 4.79 Å². The second-order valence-electron chi connectivity index (χ2n) is 5.31. The van der Waals surface area contributed by atoms with Gasteiger partial charge in [-0.1, -0.05) is 30.9 Å². The predicted molar refractivity (Wildman–Crippen MR) is 79.4 cm³/mol. The van der Waals surface area contributed by atoms with E-state index in [0.29, 0.717) is 22.8 Å². The predicted octanol–water partition coefficient (Wildman–Crippen LogP) is 3.06. The van der Waals surface area contributed by atoms with Crippen molar-refractivity contribution in [2.75, 3.05) is 11.9 Å². The van der Waals surface area contributed by atoms with Crippen molar-refractivity contribution >= 4 is 23.2 Å². The largest absolute Gasteiger partial charge is 0.329 e. The molecule has 0 atom stereocenters. The Bertz CT molecular complexity index is 545. The molecular weight excluding hydrogens is 274 g/mol. The van der Waals surface area contributed by atoms with E-state index in [1.807, 2.05) is 6.07 Å². The molecule has 0 aromatic heterocycles. The van der Waals surface area contributed by atoms with Gasteiger partial charge in [-0.25, -0.2) is 0 Å². The molecule has 106 valence electrons. The Morgan fingerprint density at radius 3 is 2.70 bits per heavy atom. The summed E-state index contributed by atoms with van der Waals surface area (Å²) in [5.41, 5.74) is 6.29. The fourth-order valence-electron chi connectivity index (χ4n) is 2.70. The molecule has 0 saturated heterocycles. The number of benzene rings is 1. The molecule has 0 unspecified atom stereocenters. The van der Waals surface area contributed by atoms with Crippen LogP contribution in [0.1, 0.15) is 37.7 Å². The fourth-order valence-corrected chi connectivity index (χ4v) is 2.86. The molecule has 1 aliphatic rings. The molecule has 0 radical (unpaired) electrons. The molecule has 1 amide bonds. The quantitative estimate of drug-likeness (QED) is 0.898. The van der Waals surface area contributed by atoms with Crippen LogP contribution in [0.4, 0.5) is 5.69 Å². The average Bonchev–Trinajstić information content (AvgIpc) is 2.50. The first-order valence-electron chi connectivity index (χ1n) is 6.82. The monoisotopic (exact) mass is 291 g/mol. The van der Waals surface area contributed by atoms with Gasteiger partial charge in [0.1, 0.15) is 0 Å². The number of halogens is 1. The van der Waals surface area contributed by atoms with Gasteiger partial charge in [0.15, 0.2) is 0 Å². The molecule has 1 aromatic rings. The number of carbonyl (C=O) groups excluding carboxylic acids is 1. The summed E-state index contributed by atoms with van der Waals surface area (Å²) < 4.78 is 0. The Morgan fingerprint density at radius 2 is 2.10 bits per heavy atom. The van der Waals surface area contributed by atoms with Gasteiger partial charge in [0, 0.05) is 6.54 Å². The summed E-state index contributed by atoms with van der Waals surface area (Å²) in [6.07, 6.45) is 4.82. The summed E-state index contributed by atoms with van der Waals surface area (Å²) in [5, 5.41) is 12.2. The first-order valence-corrected chi connectivity index (χ1v) is 7.20. The van der Waals surface area contributed by atoms with Gasteiger partial charge in [-0.15, -0.1) is 0 Å². The van der Waals surface area contributed by atoms with Crippen LogP contribution >= 0.6 is 11.6 Å². The van der Waals surface area contributed by atoms with Crippen molar-refractivity contribution in [3.8, 4) is 6.07 Å². The number of hydrogen-bond donors (Lipinski definition) is 2. The van der Waals surface area contributed by atoms with E-state index in [1.165, 1.54) is 0 Å². The Balaban J connectivity index is 2.20. The zero-order valence-electron chi connectivity index (χ0n) is 11.3. The van der Waals surface area contributed by atoms with Crippen molar-refractivity contribution in [2.45, 2.75) is 32.1 Å². The topological polar surface area (TPSA) is 78.9 Å².